The summed E-state index contributed by atoms with van der Waals surface area (Å²) in [5, 5.41) is 9.68. The maximum atomic E-state index is 9.68. The molecule has 0 radical (unpaired) electrons. The standard InChI is InChI=1S/C10H12Cl3NO/c1-14(2)8-5-3-7(4-6-8)9(15)10(11,12)13/h3-6,9,15H,1-2H3. The van der Waals surface area contributed by atoms with Crippen molar-refractivity contribution in [3.63, 3.8) is 0 Å². The highest BCUT2D eigenvalue weighted by Crippen LogP contribution is 2.39. The molecule has 0 heterocycles. The monoisotopic (exact) mass is 267 g/mol. The first-order valence-corrected chi connectivity index (χ1v) is 5.48. The van der Waals surface area contributed by atoms with E-state index in [2.05, 4.69) is 0 Å². The summed E-state index contributed by atoms with van der Waals surface area (Å²) >= 11 is 16.8. The predicted molar refractivity (Wildman–Crippen MR) is 66.0 cm³/mol. The fourth-order valence-electron chi connectivity index (χ4n) is 1.14. The third kappa shape index (κ3) is 3.42. The van der Waals surface area contributed by atoms with Gasteiger partial charge in [-0.15, -0.1) is 0 Å². The van der Waals surface area contributed by atoms with Gasteiger partial charge in [-0.05, 0) is 17.7 Å². The van der Waals surface area contributed by atoms with Crippen LogP contribution >= 0.6 is 34.8 Å². The molecule has 1 rings (SSSR count). The van der Waals surface area contributed by atoms with Gasteiger partial charge >= 0.3 is 0 Å². The fourth-order valence-corrected chi connectivity index (χ4v) is 1.52. The normalized spacial score (nSPS) is 13.7. The van der Waals surface area contributed by atoms with Gasteiger partial charge in [-0.2, -0.15) is 0 Å². The van der Waals surface area contributed by atoms with E-state index >= 15 is 0 Å². The third-order valence-electron chi connectivity index (χ3n) is 2.04. The predicted octanol–water partition coefficient (Wildman–Crippen LogP) is 3.16. The van der Waals surface area contributed by atoms with E-state index < -0.39 is 9.90 Å². The number of aliphatic hydroxyl groups is 1. The third-order valence-corrected chi connectivity index (χ3v) is 2.66. The van der Waals surface area contributed by atoms with E-state index in [0.717, 1.165) is 5.69 Å². The van der Waals surface area contributed by atoms with Crippen molar-refractivity contribution in [2.24, 2.45) is 0 Å². The van der Waals surface area contributed by atoms with E-state index in [1.807, 2.05) is 31.1 Å². The fraction of sp³-hybridized carbons (Fsp3) is 0.400. The minimum Gasteiger partial charge on any atom is -0.384 e. The van der Waals surface area contributed by atoms with E-state index in [4.69, 9.17) is 34.8 Å². The molecule has 0 fully saturated rings. The maximum absolute atomic E-state index is 9.68. The number of alkyl halides is 3. The molecular formula is C10H12Cl3NO. The molecule has 1 unspecified atom stereocenters. The minimum atomic E-state index is -1.69. The Balaban J connectivity index is 2.89. The van der Waals surface area contributed by atoms with E-state index in [1.54, 1.807) is 12.1 Å². The lowest BCUT2D eigenvalue weighted by atomic mass is 10.1. The molecule has 0 amide bonds. The Kier molecular flexibility index (Phi) is 4.13. The average Bonchev–Trinajstić information content (AvgIpc) is 2.15. The molecule has 15 heavy (non-hydrogen) atoms. The summed E-state index contributed by atoms with van der Waals surface area (Å²) in [5.41, 5.74) is 1.61. The summed E-state index contributed by atoms with van der Waals surface area (Å²) in [6, 6.07) is 7.19. The second-order valence-corrected chi connectivity index (χ2v) is 5.80. The second-order valence-electron chi connectivity index (χ2n) is 3.43. The molecular weight excluding hydrogens is 256 g/mol. The molecule has 0 saturated heterocycles. The summed E-state index contributed by atoms with van der Waals surface area (Å²) in [6.45, 7) is 0. The summed E-state index contributed by atoms with van der Waals surface area (Å²) in [4.78, 5) is 1.95. The van der Waals surface area contributed by atoms with E-state index in [1.165, 1.54) is 0 Å². The zero-order valence-electron chi connectivity index (χ0n) is 8.42. The molecule has 0 aromatic heterocycles. The van der Waals surface area contributed by atoms with E-state index in [-0.39, 0.29) is 0 Å². The van der Waals surface area contributed by atoms with Crippen LogP contribution < -0.4 is 4.90 Å². The van der Waals surface area contributed by atoms with Gasteiger partial charge in [0.15, 0.2) is 0 Å². The van der Waals surface area contributed by atoms with Crippen molar-refractivity contribution in [2.45, 2.75) is 9.90 Å². The molecule has 0 aliphatic carbocycles. The van der Waals surface area contributed by atoms with Gasteiger partial charge in [-0.1, -0.05) is 46.9 Å². The maximum Gasteiger partial charge on any atom is 0.220 e. The Morgan fingerprint density at radius 3 is 1.93 bits per heavy atom. The first-order valence-electron chi connectivity index (χ1n) is 4.34. The number of hydrogen-bond donors (Lipinski definition) is 1. The number of hydrogen-bond acceptors (Lipinski definition) is 2. The van der Waals surface area contributed by atoms with Crippen molar-refractivity contribution in [3.8, 4) is 0 Å². The SMILES string of the molecule is CN(C)c1ccc(C(O)C(Cl)(Cl)Cl)cc1. The van der Waals surface area contributed by atoms with Crippen molar-refractivity contribution in [2.75, 3.05) is 19.0 Å². The Hall–Kier alpha value is -0.150. The summed E-state index contributed by atoms with van der Waals surface area (Å²) in [7, 11) is 3.86. The van der Waals surface area contributed by atoms with E-state index in [9.17, 15) is 5.11 Å². The highest BCUT2D eigenvalue weighted by Gasteiger charge is 2.31. The summed E-state index contributed by atoms with van der Waals surface area (Å²) in [6.07, 6.45) is -1.11. The first kappa shape index (κ1) is 12.9. The molecule has 0 spiro atoms. The zero-order chi connectivity index (χ0) is 11.6. The van der Waals surface area contributed by atoms with Crippen LogP contribution in [0.3, 0.4) is 0 Å². The van der Waals surface area contributed by atoms with Crippen LogP contribution in [0.25, 0.3) is 0 Å². The van der Waals surface area contributed by atoms with Crippen molar-refractivity contribution in [3.05, 3.63) is 29.8 Å². The Morgan fingerprint density at radius 2 is 1.60 bits per heavy atom. The van der Waals surface area contributed by atoms with Crippen molar-refractivity contribution in [1.29, 1.82) is 0 Å². The van der Waals surface area contributed by atoms with Gasteiger partial charge in [-0.25, -0.2) is 0 Å². The molecule has 2 nitrogen and oxygen atoms in total. The van der Waals surface area contributed by atoms with Crippen LogP contribution in [0, 0.1) is 0 Å². The van der Waals surface area contributed by atoms with Gasteiger partial charge in [-0.3, -0.25) is 0 Å². The van der Waals surface area contributed by atoms with Gasteiger partial charge in [0, 0.05) is 19.8 Å². The molecule has 0 aliphatic rings. The second kappa shape index (κ2) is 4.79. The van der Waals surface area contributed by atoms with Gasteiger partial charge < -0.3 is 10.0 Å². The summed E-state index contributed by atoms with van der Waals surface area (Å²) < 4.78 is -1.69. The lowest BCUT2D eigenvalue weighted by Crippen LogP contribution is -2.16. The Morgan fingerprint density at radius 1 is 1.13 bits per heavy atom. The topological polar surface area (TPSA) is 23.5 Å². The number of halogens is 3. The smallest absolute Gasteiger partial charge is 0.220 e. The zero-order valence-corrected chi connectivity index (χ0v) is 10.7. The summed E-state index contributed by atoms with van der Waals surface area (Å²) in [5.74, 6) is 0. The minimum absolute atomic E-state index is 0.584. The molecule has 84 valence electrons. The van der Waals surface area contributed by atoms with Crippen LogP contribution in [0.15, 0.2) is 24.3 Å². The lowest BCUT2D eigenvalue weighted by Gasteiger charge is -2.20. The van der Waals surface area contributed by atoms with Gasteiger partial charge in [0.05, 0.1) is 0 Å². The first-order chi connectivity index (χ1) is 6.82. The largest absolute Gasteiger partial charge is 0.384 e. The van der Waals surface area contributed by atoms with Gasteiger partial charge in [0.1, 0.15) is 6.10 Å². The lowest BCUT2D eigenvalue weighted by molar-refractivity contribution is 0.182. The van der Waals surface area contributed by atoms with Crippen LogP contribution in [0.4, 0.5) is 5.69 Å². The molecule has 1 aromatic rings. The highest BCUT2D eigenvalue weighted by atomic mass is 35.6. The van der Waals surface area contributed by atoms with E-state index in [0.29, 0.717) is 5.56 Å². The molecule has 0 saturated carbocycles. The highest BCUT2D eigenvalue weighted by molar-refractivity contribution is 6.68. The molecule has 0 aliphatic heterocycles. The molecule has 5 heteroatoms. The number of aliphatic hydroxyl groups excluding tert-OH is 1. The Labute approximate surface area is 104 Å². The molecule has 1 aromatic carbocycles. The van der Waals surface area contributed by atoms with Crippen molar-refractivity contribution in [1.82, 2.24) is 0 Å². The van der Waals surface area contributed by atoms with Crippen LogP contribution in [-0.4, -0.2) is 23.0 Å². The van der Waals surface area contributed by atoms with Crippen LogP contribution in [0.2, 0.25) is 0 Å². The van der Waals surface area contributed by atoms with Crippen molar-refractivity contribution < 1.29 is 5.11 Å². The molecule has 0 bridgehead atoms. The molecule has 1 atom stereocenters. The van der Waals surface area contributed by atoms with Crippen LogP contribution in [-0.2, 0) is 0 Å². The number of nitrogens with zero attached hydrogens (tertiary/aromatic N) is 1. The molecule has 1 N–H and O–H groups in total. The number of anilines is 1. The van der Waals surface area contributed by atoms with Gasteiger partial charge in [0.25, 0.3) is 0 Å². The van der Waals surface area contributed by atoms with Crippen LogP contribution in [0.5, 0.6) is 0 Å². The van der Waals surface area contributed by atoms with Crippen LogP contribution in [0.1, 0.15) is 11.7 Å². The number of rotatable bonds is 2. The van der Waals surface area contributed by atoms with Gasteiger partial charge in [0.2, 0.25) is 3.79 Å². The van der Waals surface area contributed by atoms with Crippen molar-refractivity contribution >= 4 is 40.5 Å². The Bertz CT molecular complexity index is 318. The number of benzene rings is 1. The average molecular weight is 269 g/mol. The quantitative estimate of drug-likeness (QED) is 0.833.